The van der Waals surface area contributed by atoms with E-state index < -0.39 is 6.10 Å². The van der Waals surface area contributed by atoms with Crippen molar-refractivity contribution in [2.45, 2.75) is 44.8 Å². The summed E-state index contributed by atoms with van der Waals surface area (Å²) in [5, 5.41) is 9.52. The predicted octanol–water partition coefficient (Wildman–Crippen LogP) is 0.574. The molecule has 90 valence electrons. The van der Waals surface area contributed by atoms with Crippen LogP contribution in [0.2, 0.25) is 0 Å². The molecule has 1 N–H and O–H groups in total. The Balaban J connectivity index is 2.09. The summed E-state index contributed by atoms with van der Waals surface area (Å²) in [7, 11) is 0. The number of piperidine rings is 1. The summed E-state index contributed by atoms with van der Waals surface area (Å²) in [4.78, 5) is 26.7. The third-order valence-electron chi connectivity index (χ3n) is 3.40. The second kappa shape index (κ2) is 4.41. The Hall–Kier alpha value is -1.10. The van der Waals surface area contributed by atoms with Crippen LogP contribution in [0.25, 0.3) is 0 Å². The molecule has 0 saturated carbocycles. The third-order valence-corrected chi connectivity index (χ3v) is 3.40. The van der Waals surface area contributed by atoms with Crippen molar-refractivity contribution in [1.82, 2.24) is 9.80 Å². The van der Waals surface area contributed by atoms with Crippen LogP contribution in [0.4, 0.5) is 4.79 Å². The number of carbonyl (C=O) groups is 2. The van der Waals surface area contributed by atoms with Crippen LogP contribution < -0.4 is 0 Å². The maximum absolute atomic E-state index is 12.0. The minimum atomic E-state index is -0.603. The van der Waals surface area contributed by atoms with Gasteiger partial charge in [0.2, 0.25) is 0 Å². The number of urea groups is 1. The monoisotopic (exact) mass is 226 g/mol. The van der Waals surface area contributed by atoms with E-state index in [4.69, 9.17) is 0 Å². The van der Waals surface area contributed by atoms with Gasteiger partial charge < -0.3 is 10.0 Å². The topological polar surface area (TPSA) is 60.9 Å². The highest BCUT2D eigenvalue weighted by Gasteiger charge is 2.45. The van der Waals surface area contributed by atoms with Crippen molar-refractivity contribution in [1.29, 1.82) is 0 Å². The van der Waals surface area contributed by atoms with Crippen molar-refractivity contribution < 1.29 is 14.7 Å². The zero-order chi connectivity index (χ0) is 11.7. The van der Waals surface area contributed by atoms with Crippen LogP contribution in [0, 0.1) is 0 Å². The number of aliphatic hydroxyl groups is 1. The molecule has 2 saturated heterocycles. The molecule has 16 heavy (non-hydrogen) atoms. The van der Waals surface area contributed by atoms with E-state index in [1.165, 1.54) is 4.90 Å². The first-order valence-electron chi connectivity index (χ1n) is 5.95. The first kappa shape index (κ1) is 11.4. The number of carbonyl (C=O) groups excluding carboxylic acids is 2. The van der Waals surface area contributed by atoms with E-state index in [0.717, 1.165) is 19.3 Å². The molecule has 0 aliphatic carbocycles. The van der Waals surface area contributed by atoms with E-state index in [2.05, 4.69) is 0 Å². The van der Waals surface area contributed by atoms with E-state index >= 15 is 0 Å². The van der Waals surface area contributed by atoms with E-state index in [1.54, 1.807) is 4.90 Å². The van der Waals surface area contributed by atoms with Gasteiger partial charge in [0.25, 0.3) is 5.91 Å². The zero-order valence-electron chi connectivity index (χ0n) is 9.56. The highest BCUT2D eigenvalue weighted by molar-refractivity contribution is 6.04. The number of fused-ring (bicyclic) bond motifs is 1. The molecular weight excluding hydrogens is 208 g/mol. The molecule has 0 aromatic carbocycles. The van der Waals surface area contributed by atoms with Gasteiger partial charge >= 0.3 is 6.03 Å². The van der Waals surface area contributed by atoms with Crippen LogP contribution in [-0.4, -0.2) is 52.1 Å². The van der Waals surface area contributed by atoms with Crippen LogP contribution in [0.3, 0.4) is 0 Å². The second-order valence-corrected chi connectivity index (χ2v) is 4.50. The molecule has 0 radical (unpaired) electrons. The molecule has 5 heteroatoms. The van der Waals surface area contributed by atoms with Gasteiger partial charge in [0.05, 0.1) is 12.6 Å². The Bertz CT molecular complexity index is 282. The highest BCUT2D eigenvalue weighted by Crippen LogP contribution is 2.26. The Kier molecular flexibility index (Phi) is 3.14. The minimum Gasteiger partial charge on any atom is -0.391 e. The lowest BCUT2D eigenvalue weighted by atomic mass is 10.0. The lowest BCUT2D eigenvalue weighted by molar-refractivity contribution is -0.129. The summed E-state index contributed by atoms with van der Waals surface area (Å²) < 4.78 is 0. The number of rotatable bonds is 3. The lowest BCUT2D eigenvalue weighted by Crippen LogP contribution is -2.39. The average molecular weight is 226 g/mol. The van der Waals surface area contributed by atoms with E-state index in [9.17, 15) is 14.7 Å². The summed E-state index contributed by atoms with van der Waals surface area (Å²) in [6.07, 6.45) is 2.70. The molecule has 2 fully saturated rings. The smallest absolute Gasteiger partial charge is 0.327 e. The highest BCUT2D eigenvalue weighted by atomic mass is 16.3. The standard InChI is InChI=1S/C11H18N2O3/c1-2-8(14)7-13-10(15)9-5-3-4-6-12(9)11(13)16/h8-9,14H,2-7H2,1H3. The average Bonchev–Trinajstić information content (AvgIpc) is 2.55. The molecule has 2 atom stereocenters. The quantitative estimate of drug-likeness (QED) is 0.716. The molecule has 5 nitrogen and oxygen atoms in total. The number of β-amino-alcohol motifs (C(OH)–C–C–N with tert-alkyl or cyclic N) is 1. The van der Waals surface area contributed by atoms with Crippen molar-refractivity contribution in [2.75, 3.05) is 13.1 Å². The number of nitrogens with zero attached hydrogens (tertiary/aromatic N) is 2. The molecule has 0 bridgehead atoms. The fourth-order valence-electron chi connectivity index (χ4n) is 2.35. The van der Waals surface area contributed by atoms with Crippen molar-refractivity contribution >= 4 is 11.9 Å². The molecule has 2 aliphatic rings. The Labute approximate surface area is 95.0 Å². The molecule has 2 rings (SSSR count). The van der Waals surface area contributed by atoms with Crippen LogP contribution >= 0.6 is 0 Å². The van der Waals surface area contributed by atoms with Crippen molar-refractivity contribution in [3.8, 4) is 0 Å². The van der Waals surface area contributed by atoms with Crippen LogP contribution in [-0.2, 0) is 4.79 Å². The summed E-state index contributed by atoms with van der Waals surface area (Å²) in [5.41, 5.74) is 0. The third kappa shape index (κ3) is 1.80. The van der Waals surface area contributed by atoms with E-state index in [1.807, 2.05) is 6.92 Å². The first-order chi connectivity index (χ1) is 7.65. The van der Waals surface area contributed by atoms with Gasteiger partial charge in [-0.1, -0.05) is 6.92 Å². The van der Waals surface area contributed by atoms with Crippen molar-refractivity contribution in [3.05, 3.63) is 0 Å². The Morgan fingerprint density at radius 2 is 2.19 bits per heavy atom. The van der Waals surface area contributed by atoms with Gasteiger partial charge in [-0.15, -0.1) is 0 Å². The minimum absolute atomic E-state index is 0.128. The maximum Gasteiger partial charge on any atom is 0.327 e. The molecule has 2 aliphatic heterocycles. The van der Waals surface area contributed by atoms with Gasteiger partial charge in [-0.3, -0.25) is 9.69 Å². The van der Waals surface area contributed by atoms with Crippen LogP contribution in [0.1, 0.15) is 32.6 Å². The molecule has 0 aromatic heterocycles. The van der Waals surface area contributed by atoms with E-state index in [0.29, 0.717) is 13.0 Å². The predicted molar refractivity (Wildman–Crippen MR) is 57.8 cm³/mol. The molecule has 0 aromatic rings. The van der Waals surface area contributed by atoms with Gasteiger partial charge in [0, 0.05) is 6.54 Å². The number of hydrogen-bond acceptors (Lipinski definition) is 3. The largest absolute Gasteiger partial charge is 0.391 e. The van der Waals surface area contributed by atoms with Gasteiger partial charge in [0.15, 0.2) is 0 Å². The lowest BCUT2D eigenvalue weighted by Gasteiger charge is -2.26. The van der Waals surface area contributed by atoms with Crippen molar-refractivity contribution in [2.24, 2.45) is 0 Å². The summed E-state index contributed by atoms with van der Waals surface area (Å²) in [6.45, 7) is 2.65. The summed E-state index contributed by atoms with van der Waals surface area (Å²) in [5.74, 6) is -0.128. The Morgan fingerprint density at radius 3 is 2.81 bits per heavy atom. The molecular formula is C11H18N2O3. The normalized spacial score (nSPS) is 27.2. The summed E-state index contributed by atoms with van der Waals surface area (Å²) >= 11 is 0. The van der Waals surface area contributed by atoms with Gasteiger partial charge in [-0.2, -0.15) is 0 Å². The van der Waals surface area contributed by atoms with Gasteiger partial charge in [0.1, 0.15) is 6.04 Å². The molecule has 3 amide bonds. The van der Waals surface area contributed by atoms with Crippen molar-refractivity contribution in [3.63, 3.8) is 0 Å². The molecule has 2 unspecified atom stereocenters. The second-order valence-electron chi connectivity index (χ2n) is 4.50. The first-order valence-corrected chi connectivity index (χ1v) is 5.95. The number of hydrogen-bond donors (Lipinski definition) is 1. The number of imide groups is 1. The molecule has 0 spiro atoms. The molecule has 2 heterocycles. The SMILES string of the molecule is CCC(O)CN1C(=O)C2CCCCN2C1=O. The maximum atomic E-state index is 12.0. The fraction of sp³-hybridized carbons (Fsp3) is 0.818. The zero-order valence-corrected chi connectivity index (χ0v) is 9.56. The van der Waals surface area contributed by atoms with Crippen LogP contribution in [0.5, 0.6) is 0 Å². The number of aliphatic hydroxyl groups excluding tert-OH is 1. The summed E-state index contributed by atoms with van der Waals surface area (Å²) in [6, 6.07) is -0.479. The van der Waals surface area contributed by atoms with Crippen LogP contribution in [0.15, 0.2) is 0 Å². The van der Waals surface area contributed by atoms with Gasteiger partial charge in [-0.25, -0.2) is 4.79 Å². The Morgan fingerprint density at radius 1 is 1.44 bits per heavy atom. The number of amides is 3. The van der Waals surface area contributed by atoms with Gasteiger partial charge in [-0.05, 0) is 25.7 Å². The van der Waals surface area contributed by atoms with E-state index in [-0.39, 0.29) is 24.5 Å². The fourth-order valence-corrected chi connectivity index (χ4v) is 2.35.